The van der Waals surface area contributed by atoms with Crippen LogP contribution in [0.2, 0.25) is 0 Å². The fourth-order valence-electron chi connectivity index (χ4n) is 5.08. The minimum atomic E-state index is 0.231. The summed E-state index contributed by atoms with van der Waals surface area (Å²) in [5.41, 5.74) is 6.36. The van der Waals surface area contributed by atoms with Crippen LogP contribution in [-0.2, 0) is 4.79 Å². The molecule has 0 aromatic rings. The number of hydrogen-bond acceptors (Lipinski definition) is 3. The summed E-state index contributed by atoms with van der Waals surface area (Å²) >= 11 is 0. The molecular weight excluding hydrogens is 286 g/mol. The number of amides is 1. The van der Waals surface area contributed by atoms with E-state index in [9.17, 15) is 4.79 Å². The van der Waals surface area contributed by atoms with Crippen LogP contribution in [0, 0.1) is 5.92 Å². The molecule has 3 rings (SSSR count). The molecule has 0 bridgehead atoms. The molecule has 2 saturated carbocycles. The van der Waals surface area contributed by atoms with Crippen LogP contribution in [0.15, 0.2) is 0 Å². The lowest BCUT2D eigenvalue weighted by atomic mass is 9.79. The minimum absolute atomic E-state index is 0.231. The summed E-state index contributed by atoms with van der Waals surface area (Å²) in [6.45, 7) is 3.31. The van der Waals surface area contributed by atoms with E-state index in [0.717, 1.165) is 19.4 Å². The largest absolute Gasteiger partial charge is 0.354 e. The van der Waals surface area contributed by atoms with Gasteiger partial charge >= 0.3 is 0 Å². The fourth-order valence-corrected chi connectivity index (χ4v) is 5.08. The van der Waals surface area contributed by atoms with Crippen molar-refractivity contribution in [3.05, 3.63) is 0 Å². The van der Waals surface area contributed by atoms with Crippen molar-refractivity contribution in [1.82, 2.24) is 10.2 Å². The van der Waals surface area contributed by atoms with Crippen molar-refractivity contribution in [2.75, 3.05) is 19.6 Å². The third-order valence-corrected chi connectivity index (χ3v) is 6.59. The Morgan fingerprint density at radius 3 is 2.35 bits per heavy atom. The molecule has 132 valence electrons. The van der Waals surface area contributed by atoms with E-state index in [1.165, 1.54) is 70.9 Å². The SMILES string of the molecule is N[C@@H]1CCC[C@H]1CC(=O)NCC1(N2CCCCC2)CCCCC1. The molecule has 1 saturated heterocycles. The molecule has 1 amide bonds. The van der Waals surface area contributed by atoms with Gasteiger partial charge in [0.1, 0.15) is 0 Å². The van der Waals surface area contributed by atoms with E-state index < -0.39 is 0 Å². The Balaban J connectivity index is 1.54. The highest BCUT2D eigenvalue weighted by atomic mass is 16.1. The van der Waals surface area contributed by atoms with Gasteiger partial charge < -0.3 is 11.1 Å². The van der Waals surface area contributed by atoms with E-state index >= 15 is 0 Å². The van der Waals surface area contributed by atoms with Gasteiger partial charge in [0.25, 0.3) is 0 Å². The Morgan fingerprint density at radius 2 is 1.70 bits per heavy atom. The molecule has 2 atom stereocenters. The number of hydrogen-bond donors (Lipinski definition) is 2. The number of likely N-dealkylation sites (tertiary alicyclic amines) is 1. The highest BCUT2D eigenvalue weighted by molar-refractivity contribution is 5.76. The van der Waals surface area contributed by atoms with Gasteiger partial charge in [-0.25, -0.2) is 0 Å². The molecule has 2 aliphatic carbocycles. The smallest absolute Gasteiger partial charge is 0.220 e. The third-order valence-electron chi connectivity index (χ3n) is 6.59. The number of carbonyl (C=O) groups is 1. The molecular formula is C19H35N3O. The van der Waals surface area contributed by atoms with Crippen molar-refractivity contribution >= 4 is 5.91 Å². The first-order valence-electron chi connectivity index (χ1n) is 9.97. The zero-order chi connectivity index (χ0) is 16.1. The maximum absolute atomic E-state index is 12.4. The van der Waals surface area contributed by atoms with Gasteiger partial charge in [-0.05, 0) is 57.5 Å². The summed E-state index contributed by atoms with van der Waals surface area (Å²) in [6, 6.07) is 0.242. The molecule has 0 aromatic heterocycles. The Bertz CT molecular complexity index is 386. The normalized spacial score (nSPS) is 31.9. The van der Waals surface area contributed by atoms with Gasteiger partial charge in [0, 0.05) is 24.5 Å². The van der Waals surface area contributed by atoms with Crippen molar-refractivity contribution in [2.24, 2.45) is 11.7 Å². The van der Waals surface area contributed by atoms with Crippen LogP contribution < -0.4 is 11.1 Å². The zero-order valence-corrected chi connectivity index (χ0v) is 14.7. The molecule has 1 heterocycles. The van der Waals surface area contributed by atoms with Gasteiger partial charge in [0.05, 0.1) is 0 Å². The van der Waals surface area contributed by atoms with Gasteiger partial charge in [0.2, 0.25) is 5.91 Å². The Morgan fingerprint density at radius 1 is 1.00 bits per heavy atom. The highest BCUT2D eigenvalue weighted by Crippen LogP contribution is 2.35. The van der Waals surface area contributed by atoms with Crippen LogP contribution in [0.4, 0.5) is 0 Å². The van der Waals surface area contributed by atoms with Crippen LogP contribution in [0.5, 0.6) is 0 Å². The van der Waals surface area contributed by atoms with E-state index in [1.807, 2.05) is 0 Å². The Labute approximate surface area is 141 Å². The third kappa shape index (κ3) is 4.27. The number of nitrogens with two attached hydrogens (primary N) is 1. The Kier molecular flexibility index (Phi) is 5.97. The summed E-state index contributed by atoms with van der Waals surface area (Å²) < 4.78 is 0. The number of piperidine rings is 1. The number of rotatable bonds is 5. The average Bonchev–Trinajstić information content (AvgIpc) is 2.99. The molecule has 3 N–H and O–H groups in total. The molecule has 0 spiro atoms. The zero-order valence-electron chi connectivity index (χ0n) is 14.7. The number of carbonyl (C=O) groups excluding carboxylic acids is 1. The van der Waals surface area contributed by atoms with Crippen LogP contribution in [0.25, 0.3) is 0 Å². The van der Waals surface area contributed by atoms with E-state index in [4.69, 9.17) is 5.73 Å². The Hall–Kier alpha value is -0.610. The van der Waals surface area contributed by atoms with Crippen LogP contribution in [-0.4, -0.2) is 42.0 Å². The first kappa shape index (κ1) is 17.2. The van der Waals surface area contributed by atoms with Crippen LogP contribution in [0.1, 0.15) is 77.0 Å². The van der Waals surface area contributed by atoms with Crippen molar-refractivity contribution in [2.45, 2.75) is 88.6 Å². The van der Waals surface area contributed by atoms with Crippen molar-refractivity contribution in [3.63, 3.8) is 0 Å². The second-order valence-corrected chi connectivity index (χ2v) is 8.17. The maximum atomic E-state index is 12.4. The summed E-state index contributed by atoms with van der Waals surface area (Å²) in [5, 5.41) is 3.30. The van der Waals surface area contributed by atoms with Gasteiger partial charge in [-0.2, -0.15) is 0 Å². The highest BCUT2D eigenvalue weighted by Gasteiger charge is 2.38. The molecule has 23 heavy (non-hydrogen) atoms. The molecule has 4 heteroatoms. The second kappa shape index (κ2) is 7.98. The predicted molar refractivity (Wildman–Crippen MR) is 94.2 cm³/mol. The van der Waals surface area contributed by atoms with Crippen LogP contribution in [0.3, 0.4) is 0 Å². The van der Waals surface area contributed by atoms with Gasteiger partial charge in [0.15, 0.2) is 0 Å². The molecule has 1 aliphatic heterocycles. The lowest BCUT2D eigenvalue weighted by molar-refractivity contribution is -0.123. The van der Waals surface area contributed by atoms with Crippen LogP contribution >= 0.6 is 0 Å². The summed E-state index contributed by atoms with van der Waals surface area (Å²) in [5.74, 6) is 0.640. The molecule has 3 fully saturated rings. The van der Waals surface area contributed by atoms with E-state index in [-0.39, 0.29) is 17.5 Å². The lowest BCUT2D eigenvalue weighted by Crippen LogP contribution is -2.58. The van der Waals surface area contributed by atoms with Gasteiger partial charge in [-0.15, -0.1) is 0 Å². The van der Waals surface area contributed by atoms with Crippen molar-refractivity contribution in [1.29, 1.82) is 0 Å². The standard InChI is InChI=1S/C19H35N3O/c20-17-9-7-8-16(17)14-18(23)21-15-19(10-3-1-4-11-19)22-12-5-2-6-13-22/h16-17H,1-15,20H2,(H,21,23)/t16-,17+/m0/s1. The van der Waals surface area contributed by atoms with Crippen molar-refractivity contribution < 1.29 is 4.79 Å². The summed E-state index contributed by atoms with van der Waals surface area (Å²) in [6.07, 6.45) is 14.6. The average molecular weight is 322 g/mol. The topological polar surface area (TPSA) is 58.4 Å². The second-order valence-electron chi connectivity index (χ2n) is 8.17. The maximum Gasteiger partial charge on any atom is 0.220 e. The predicted octanol–water partition coefficient (Wildman–Crippen LogP) is 2.81. The number of nitrogens with one attached hydrogen (secondary N) is 1. The van der Waals surface area contributed by atoms with Crippen molar-refractivity contribution in [3.8, 4) is 0 Å². The molecule has 4 nitrogen and oxygen atoms in total. The van der Waals surface area contributed by atoms with E-state index in [2.05, 4.69) is 10.2 Å². The van der Waals surface area contributed by atoms with Gasteiger partial charge in [-0.3, -0.25) is 9.69 Å². The fraction of sp³-hybridized carbons (Fsp3) is 0.947. The molecule has 0 aromatic carbocycles. The summed E-state index contributed by atoms with van der Waals surface area (Å²) in [4.78, 5) is 15.1. The molecule has 3 aliphatic rings. The number of nitrogens with zero attached hydrogens (tertiary/aromatic N) is 1. The monoisotopic (exact) mass is 321 g/mol. The van der Waals surface area contributed by atoms with E-state index in [1.54, 1.807) is 0 Å². The first-order valence-corrected chi connectivity index (χ1v) is 9.97. The minimum Gasteiger partial charge on any atom is -0.354 e. The lowest BCUT2D eigenvalue weighted by Gasteiger charge is -2.48. The quantitative estimate of drug-likeness (QED) is 0.818. The van der Waals surface area contributed by atoms with Gasteiger partial charge in [-0.1, -0.05) is 32.1 Å². The first-order chi connectivity index (χ1) is 11.2. The van der Waals surface area contributed by atoms with E-state index in [0.29, 0.717) is 12.3 Å². The molecule has 0 radical (unpaired) electrons. The summed E-state index contributed by atoms with van der Waals surface area (Å²) in [7, 11) is 0. The molecule has 0 unspecified atom stereocenters.